The molecule has 0 aliphatic carbocycles. The highest BCUT2D eigenvalue weighted by Crippen LogP contribution is 2.23. The van der Waals surface area contributed by atoms with Crippen LogP contribution < -0.4 is 0 Å². The Labute approximate surface area is 101 Å². The zero-order valence-corrected chi connectivity index (χ0v) is 10.6. The standard InChI is InChI=1S/C11H11BrN2O2/c1-3-16-11(15)10-8-6-7(12)4-5-9(8)14(2)13-10/h4-6H,3H2,1-2H3. The monoisotopic (exact) mass is 282 g/mol. The third-order valence-corrected chi connectivity index (χ3v) is 2.77. The van der Waals surface area contributed by atoms with Crippen LogP contribution in [0, 0.1) is 0 Å². The fourth-order valence-electron chi connectivity index (χ4n) is 1.59. The summed E-state index contributed by atoms with van der Waals surface area (Å²) in [5, 5.41) is 4.97. The molecular formula is C11H11BrN2O2. The summed E-state index contributed by atoms with van der Waals surface area (Å²) in [5.41, 5.74) is 1.27. The summed E-state index contributed by atoms with van der Waals surface area (Å²) < 4.78 is 7.55. The van der Waals surface area contributed by atoms with E-state index >= 15 is 0 Å². The van der Waals surface area contributed by atoms with Crippen molar-refractivity contribution in [3.63, 3.8) is 0 Å². The largest absolute Gasteiger partial charge is 0.461 e. The van der Waals surface area contributed by atoms with E-state index in [0.29, 0.717) is 12.3 Å². The Morgan fingerprint density at radius 1 is 1.56 bits per heavy atom. The van der Waals surface area contributed by atoms with E-state index in [2.05, 4.69) is 21.0 Å². The first-order valence-electron chi connectivity index (χ1n) is 4.93. The van der Waals surface area contributed by atoms with E-state index in [1.54, 1.807) is 18.7 Å². The van der Waals surface area contributed by atoms with Gasteiger partial charge in [-0.1, -0.05) is 15.9 Å². The zero-order valence-electron chi connectivity index (χ0n) is 9.03. The molecule has 0 radical (unpaired) electrons. The van der Waals surface area contributed by atoms with Gasteiger partial charge in [0.1, 0.15) is 0 Å². The molecule has 2 rings (SSSR count). The number of hydrogen-bond donors (Lipinski definition) is 0. The van der Waals surface area contributed by atoms with Crippen LogP contribution in [0.1, 0.15) is 17.4 Å². The van der Waals surface area contributed by atoms with Gasteiger partial charge in [-0.25, -0.2) is 4.79 Å². The fraction of sp³-hybridized carbons (Fsp3) is 0.273. The highest BCUT2D eigenvalue weighted by molar-refractivity contribution is 9.10. The minimum Gasteiger partial charge on any atom is -0.461 e. The predicted molar refractivity (Wildman–Crippen MR) is 64.4 cm³/mol. The van der Waals surface area contributed by atoms with Crippen molar-refractivity contribution in [1.29, 1.82) is 0 Å². The van der Waals surface area contributed by atoms with Crippen molar-refractivity contribution in [2.24, 2.45) is 7.05 Å². The number of benzene rings is 1. The SMILES string of the molecule is CCOC(=O)c1nn(C)c2ccc(Br)cc12. The van der Waals surface area contributed by atoms with Crippen LogP contribution in [0.3, 0.4) is 0 Å². The van der Waals surface area contributed by atoms with Crippen molar-refractivity contribution in [2.75, 3.05) is 6.61 Å². The number of fused-ring (bicyclic) bond motifs is 1. The van der Waals surface area contributed by atoms with E-state index in [4.69, 9.17) is 4.74 Å². The molecule has 1 aromatic heterocycles. The molecule has 0 aliphatic heterocycles. The number of halogens is 1. The number of aromatic nitrogens is 2. The summed E-state index contributed by atoms with van der Waals surface area (Å²) in [6, 6.07) is 5.70. The number of aryl methyl sites for hydroxylation is 1. The second kappa shape index (κ2) is 4.25. The summed E-state index contributed by atoms with van der Waals surface area (Å²) in [7, 11) is 1.80. The Morgan fingerprint density at radius 2 is 2.31 bits per heavy atom. The number of rotatable bonds is 2. The topological polar surface area (TPSA) is 44.1 Å². The maximum absolute atomic E-state index is 11.7. The number of nitrogens with zero attached hydrogens (tertiary/aromatic N) is 2. The quantitative estimate of drug-likeness (QED) is 0.795. The summed E-state index contributed by atoms with van der Waals surface area (Å²) in [4.78, 5) is 11.7. The molecule has 0 fully saturated rings. The van der Waals surface area contributed by atoms with Crippen LogP contribution in [0.2, 0.25) is 0 Å². The van der Waals surface area contributed by atoms with Crippen molar-refractivity contribution >= 4 is 32.8 Å². The van der Waals surface area contributed by atoms with E-state index in [-0.39, 0.29) is 5.97 Å². The molecule has 0 unspecified atom stereocenters. The Kier molecular flexibility index (Phi) is 2.96. The van der Waals surface area contributed by atoms with E-state index in [1.165, 1.54) is 0 Å². The molecule has 84 valence electrons. The van der Waals surface area contributed by atoms with Gasteiger partial charge in [-0.3, -0.25) is 4.68 Å². The van der Waals surface area contributed by atoms with Crippen LogP contribution in [0.25, 0.3) is 10.9 Å². The number of esters is 1. The summed E-state index contributed by atoms with van der Waals surface area (Å²) in [5.74, 6) is -0.383. The van der Waals surface area contributed by atoms with Crippen LogP contribution in [0.5, 0.6) is 0 Å². The van der Waals surface area contributed by atoms with Crippen molar-refractivity contribution in [2.45, 2.75) is 6.92 Å². The summed E-state index contributed by atoms with van der Waals surface area (Å²) in [6.07, 6.45) is 0. The van der Waals surface area contributed by atoms with E-state index in [1.807, 2.05) is 18.2 Å². The highest BCUT2D eigenvalue weighted by atomic mass is 79.9. The smallest absolute Gasteiger partial charge is 0.359 e. The first kappa shape index (κ1) is 11.1. The second-order valence-electron chi connectivity index (χ2n) is 3.35. The molecule has 16 heavy (non-hydrogen) atoms. The van der Waals surface area contributed by atoms with E-state index in [9.17, 15) is 4.79 Å². The van der Waals surface area contributed by atoms with Gasteiger partial charge >= 0.3 is 5.97 Å². The number of carbonyl (C=O) groups is 1. The molecule has 0 aliphatic rings. The van der Waals surface area contributed by atoms with Crippen molar-refractivity contribution in [3.8, 4) is 0 Å². The number of carbonyl (C=O) groups excluding carboxylic acids is 1. The molecule has 0 atom stereocenters. The average molecular weight is 283 g/mol. The zero-order chi connectivity index (χ0) is 11.7. The van der Waals surface area contributed by atoms with Crippen molar-refractivity contribution in [3.05, 3.63) is 28.4 Å². The second-order valence-corrected chi connectivity index (χ2v) is 4.27. The molecule has 1 heterocycles. The van der Waals surface area contributed by atoms with Gasteiger partial charge in [-0.05, 0) is 25.1 Å². The Balaban J connectivity index is 2.61. The molecule has 0 bridgehead atoms. The Hall–Kier alpha value is -1.36. The lowest BCUT2D eigenvalue weighted by Crippen LogP contribution is -2.06. The molecule has 0 spiro atoms. The van der Waals surface area contributed by atoms with Crippen molar-refractivity contribution < 1.29 is 9.53 Å². The first-order valence-corrected chi connectivity index (χ1v) is 5.72. The van der Waals surface area contributed by atoms with Gasteiger partial charge in [0.15, 0.2) is 5.69 Å². The first-order chi connectivity index (χ1) is 7.63. The van der Waals surface area contributed by atoms with Gasteiger partial charge in [0.05, 0.1) is 12.1 Å². The van der Waals surface area contributed by atoms with Crippen LogP contribution in [-0.2, 0) is 11.8 Å². The van der Waals surface area contributed by atoms with Gasteiger partial charge < -0.3 is 4.74 Å². The van der Waals surface area contributed by atoms with Crippen LogP contribution in [0.4, 0.5) is 0 Å². The highest BCUT2D eigenvalue weighted by Gasteiger charge is 2.16. The van der Waals surface area contributed by atoms with Crippen LogP contribution in [-0.4, -0.2) is 22.4 Å². The minimum absolute atomic E-state index is 0.352. The Bertz CT molecular complexity index is 548. The van der Waals surface area contributed by atoms with Gasteiger partial charge in [0, 0.05) is 16.9 Å². The third kappa shape index (κ3) is 1.82. The fourth-order valence-corrected chi connectivity index (χ4v) is 1.95. The van der Waals surface area contributed by atoms with Crippen LogP contribution in [0.15, 0.2) is 22.7 Å². The molecule has 2 aromatic rings. The predicted octanol–water partition coefficient (Wildman–Crippen LogP) is 2.51. The molecule has 0 saturated carbocycles. The average Bonchev–Trinajstić information content (AvgIpc) is 2.56. The summed E-state index contributed by atoms with van der Waals surface area (Å²) >= 11 is 3.37. The van der Waals surface area contributed by atoms with E-state index in [0.717, 1.165) is 15.4 Å². The third-order valence-electron chi connectivity index (χ3n) is 2.28. The molecular weight excluding hydrogens is 272 g/mol. The molecule has 4 nitrogen and oxygen atoms in total. The van der Waals surface area contributed by atoms with Gasteiger partial charge in [0.25, 0.3) is 0 Å². The van der Waals surface area contributed by atoms with Crippen LogP contribution >= 0.6 is 15.9 Å². The molecule has 0 saturated heterocycles. The minimum atomic E-state index is -0.383. The number of hydrogen-bond acceptors (Lipinski definition) is 3. The lowest BCUT2D eigenvalue weighted by atomic mass is 10.2. The van der Waals surface area contributed by atoms with Gasteiger partial charge in [-0.15, -0.1) is 0 Å². The van der Waals surface area contributed by atoms with E-state index < -0.39 is 0 Å². The Morgan fingerprint density at radius 3 is 3.00 bits per heavy atom. The maximum atomic E-state index is 11.7. The molecule has 0 N–H and O–H groups in total. The maximum Gasteiger partial charge on any atom is 0.359 e. The normalized spacial score (nSPS) is 10.7. The number of ether oxygens (including phenoxy) is 1. The lowest BCUT2D eigenvalue weighted by molar-refractivity contribution is 0.0521. The summed E-state index contributed by atoms with van der Waals surface area (Å²) in [6.45, 7) is 2.13. The van der Waals surface area contributed by atoms with Crippen molar-refractivity contribution in [1.82, 2.24) is 9.78 Å². The molecule has 0 amide bonds. The molecule has 5 heteroatoms. The van der Waals surface area contributed by atoms with Gasteiger partial charge in [0.2, 0.25) is 0 Å². The lowest BCUT2D eigenvalue weighted by Gasteiger charge is -1.98. The molecule has 1 aromatic carbocycles. The van der Waals surface area contributed by atoms with Gasteiger partial charge in [-0.2, -0.15) is 5.10 Å².